The van der Waals surface area contributed by atoms with Crippen LogP contribution in [0.25, 0.3) is 33.8 Å². The van der Waals surface area contributed by atoms with Gasteiger partial charge in [0.05, 0.1) is 11.4 Å². The second-order valence-electron chi connectivity index (χ2n) is 18.1. The van der Waals surface area contributed by atoms with Crippen LogP contribution in [0.2, 0.25) is 0 Å². The molecule has 1 amide bonds. The second-order valence-corrected chi connectivity index (χ2v) is 21.0. The summed E-state index contributed by atoms with van der Waals surface area (Å²) in [5.74, 6) is 1.47. The Bertz CT molecular complexity index is 3320. The summed E-state index contributed by atoms with van der Waals surface area (Å²) < 4.78 is 37.5. The molecule has 0 N–H and O–H groups in total. The van der Waals surface area contributed by atoms with Crippen LogP contribution in [-0.4, -0.2) is 72.5 Å². The maximum absolute atomic E-state index is 13.5. The third-order valence-corrected chi connectivity index (χ3v) is 14.6. The van der Waals surface area contributed by atoms with Gasteiger partial charge in [0, 0.05) is 55.2 Å². The van der Waals surface area contributed by atoms with E-state index in [0.29, 0.717) is 61.5 Å². The number of anilines is 4. The minimum absolute atomic E-state index is 0.256. The van der Waals surface area contributed by atoms with Gasteiger partial charge in [0.1, 0.15) is 73.4 Å². The lowest BCUT2D eigenvalue weighted by atomic mass is 9.90. The first-order chi connectivity index (χ1) is 33.4. The first kappa shape index (κ1) is 49.7. The quantitative estimate of drug-likeness (QED) is 0.137. The molecule has 360 valence electrons. The van der Waals surface area contributed by atoms with Crippen LogP contribution in [0.15, 0.2) is 77.5 Å². The van der Waals surface area contributed by atoms with E-state index in [2.05, 4.69) is 65.5 Å². The number of imidazole rings is 2. The smallest absolute Gasteiger partial charge is 0.410 e. The van der Waals surface area contributed by atoms with E-state index in [1.165, 1.54) is 52.5 Å². The number of pyridine rings is 2. The normalized spacial score (nSPS) is 13.0. The maximum Gasteiger partial charge on any atom is 0.410 e. The monoisotopic (exact) mass is 1040 g/mol. The van der Waals surface area contributed by atoms with Crippen molar-refractivity contribution < 1.29 is 18.3 Å². The van der Waals surface area contributed by atoms with Crippen LogP contribution < -0.4 is 9.80 Å². The lowest BCUT2D eigenvalue weighted by Crippen LogP contribution is -2.41. The molecule has 0 aliphatic carbocycles. The van der Waals surface area contributed by atoms with Gasteiger partial charge < -0.3 is 19.4 Å². The Kier molecular flexibility index (Phi) is 14.4. The third kappa shape index (κ3) is 10.1. The van der Waals surface area contributed by atoms with E-state index in [4.69, 9.17) is 24.7 Å². The van der Waals surface area contributed by atoms with Crippen molar-refractivity contribution in [3.63, 3.8) is 0 Å². The molecular formula is C52H52BrF2N11O2S2. The molecule has 0 atom stereocenters. The molecule has 70 heavy (non-hydrogen) atoms. The van der Waals surface area contributed by atoms with Gasteiger partial charge in [-0.15, -0.1) is 0 Å². The molecule has 6 aromatic heterocycles. The molecule has 0 unspecified atom stereocenters. The predicted molar refractivity (Wildman–Crippen MR) is 277 cm³/mol. The van der Waals surface area contributed by atoms with Crippen LogP contribution >= 0.6 is 38.6 Å². The highest BCUT2D eigenvalue weighted by Gasteiger charge is 2.30. The number of hydrogen-bond acceptors (Lipinski definition) is 12. The Labute approximate surface area is 422 Å². The van der Waals surface area contributed by atoms with Crippen molar-refractivity contribution in [2.75, 3.05) is 37.0 Å². The summed E-state index contributed by atoms with van der Waals surface area (Å²) in [5, 5.41) is 20.8. The van der Waals surface area contributed by atoms with Gasteiger partial charge in [-0.1, -0.05) is 42.6 Å². The van der Waals surface area contributed by atoms with Gasteiger partial charge in [-0.3, -0.25) is 8.80 Å². The number of rotatable bonds is 9. The summed E-state index contributed by atoms with van der Waals surface area (Å²) in [6.45, 7) is 15.2. The van der Waals surface area contributed by atoms with E-state index in [-0.39, 0.29) is 17.7 Å². The fourth-order valence-electron chi connectivity index (χ4n) is 8.65. The van der Waals surface area contributed by atoms with Crippen LogP contribution in [0.3, 0.4) is 0 Å². The Balaban J connectivity index is 0.000000200. The summed E-state index contributed by atoms with van der Waals surface area (Å²) >= 11 is 6.18. The number of benzene rings is 2. The van der Waals surface area contributed by atoms with Gasteiger partial charge in [-0.25, -0.2) is 33.5 Å². The predicted octanol–water partition coefficient (Wildman–Crippen LogP) is 13.1. The summed E-state index contributed by atoms with van der Waals surface area (Å²) in [4.78, 5) is 38.6. The van der Waals surface area contributed by atoms with Crippen molar-refractivity contribution in [2.24, 2.45) is 0 Å². The van der Waals surface area contributed by atoms with Crippen molar-refractivity contribution in [2.45, 2.75) is 85.7 Å². The zero-order chi connectivity index (χ0) is 50.2. The van der Waals surface area contributed by atoms with Crippen molar-refractivity contribution in [3.8, 4) is 34.7 Å². The number of aryl methyl sites for hydroxylation is 4. The van der Waals surface area contributed by atoms with Gasteiger partial charge >= 0.3 is 6.09 Å². The molecule has 1 saturated heterocycles. The molecule has 0 radical (unpaired) electrons. The number of hydrogen-bond donors (Lipinski definition) is 0. The topological polar surface area (TPSA) is 144 Å². The largest absolute Gasteiger partial charge is 0.444 e. The van der Waals surface area contributed by atoms with Crippen molar-refractivity contribution in [1.82, 2.24) is 33.6 Å². The highest BCUT2D eigenvalue weighted by Crippen LogP contribution is 2.40. The second kappa shape index (κ2) is 20.3. The van der Waals surface area contributed by atoms with E-state index < -0.39 is 5.60 Å². The molecule has 8 aromatic rings. The Morgan fingerprint density at radius 2 is 1.20 bits per heavy atom. The minimum Gasteiger partial charge on any atom is -0.444 e. The maximum atomic E-state index is 13.5. The number of carbonyl (C=O) groups is 1. The lowest BCUT2D eigenvalue weighted by Gasteiger charge is -2.33. The number of halogens is 3. The van der Waals surface area contributed by atoms with E-state index in [1.54, 1.807) is 29.2 Å². The average Bonchev–Trinajstić information content (AvgIpc) is 4.14. The standard InChI is InChI=1S/C31H35FN6O2S.C21H17BrFN5S/c1-7-24-28(36(6)29-35-26(25(17-33)41-29)21-8-10-23(32)11-9-21)38-18-22(16-19(2)27(38)34-24)20-12-14-37(15-13-20)30(39)40-31(3,4)5;1-4-16-20(28-11-14(22)9-12(2)19(28)25-16)27(3)21-26-18(17(10-24)29-21)13-5-7-15(23)8-6-13/h8-11,16,18,20H,7,12-15H2,1-6H3;5-9,11H,4H2,1-3H3. The molecule has 9 rings (SSSR count). The van der Waals surface area contributed by atoms with Gasteiger partial charge in [0.25, 0.3) is 0 Å². The molecule has 0 spiro atoms. The van der Waals surface area contributed by atoms with Crippen molar-refractivity contribution in [3.05, 3.63) is 127 Å². The molecule has 18 heteroatoms. The van der Waals surface area contributed by atoms with Crippen LogP contribution in [0, 0.1) is 48.1 Å². The van der Waals surface area contributed by atoms with Gasteiger partial charge in [0.15, 0.2) is 10.3 Å². The van der Waals surface area contributed by atoms with E-state index in [0.717, 1.165) is 75.6 Å². The highest BCUT2D eigenvalue weighted by molar-refractivity contribution is 9.10. The number of ether oxygens (including phenoxy) is 1. The molecule has 7 heterocycles. The molecule has 13 nitrogen and oxygen atoms in total. The first-order valence-electron chi connectivity index (χ1n) is 22.9. The van der Waals surface area contributed by atoms with Crippen molar-refractivity contribution >= 4 is 77.9 Å². The number of piperidine rings is 1. The highest BCUT2D eigenvalue weighted by atomic mass is 79.9. The molecule has 1 aliphatic rings. The van der Waals surface area contributed by atoms with Gasteiger partial charge in [-0.2, -0.15) is 10.5 Å². The molecule has 0 saturated carbocycles. The number of thiazole rings is 2. The third-order valence-electron chi connectivity index (χ3n) is 12.1. The number of carbonyl (C=O) groups excluding carboxylic acids is 1. The number of nitrogens with zero attached hydrogens (tertiary/aromatic N) is 11. The Hall–Kier alpha value is -6.73. The number of aromatic nitrogens is 6. The molecule has 2 aromatic carbocycles. The summed E-state index contributed by atoms with van der Waals surface area (Å²) in [5.41, 5.74) is 9.01. The molecule has 1 fully saturated rings. The number of nitriles is 2. The zero-order valence-corrected chi connectivity index (χ0v) is 43.7. The summed E-state index contributed by atoms with van der Waals surface area (Å²) in [6.07, 6.45) is 7.08. The van der Waals surface area contributed by atoms with E-state index in [1.807, 2.05) is 68.3 Å². The lowest BCUT2D eigenvalue weighted by molar-refractivity contribution is 0.0204. The number of amides is 1. The van der Waals surface area contributed by atoms with Crippen LogP contribution in [0.4, 0.5) is 35.5 Å². The van der Waals surface area contributed by atoms with Crippen LogP contribution in [-0.2, 0) is 17.6 Å². The van der Waals surface area contributed by atoms with E-state index in [9.17, 15) is 24.1 Å². The number of fused-ring (bicyclic) bond motifs is 2. The summed E-state index contributed by atoms with van der Waals surface area (Å²) in [6, 6.07) is 20.8. The molecule has 1 aliphatic heterocycles. The zero-order valence-electron chi connectivity index (χ0n) is 40.4. The minimum atomic E-state index is -0.512. The van der Waals surface area contributed by atoms with Gasteiger partial charge in [0.2, 0.25) is 0 Å². The Morgan fingerprint density at radius 3 is 1.63 bits per heavy atom. The Morgan fingerprint density at radius 1 is 0.757 bits per heavy atom. The number of likely N-dealkylation sites (tertiary alicyclic amines) is 1. The first-order valence-corrected chi connectivity index (χ1v) is 25.3. The van der Waals surface area contributed by atoms with Crippen molar-refractivity contribution in [1.29, 1.82) is 10.5 Å². The molecular weight excluding hydrogens is 993 g/mol. The van der Waals surface area contributed by atoms with E-state index >= 15 is 0 Å². The fourth-order valence-corrected chi connectivity index (χ4v) is 10.9. The van der Waals surface area contributed by atoms with Crippen LogP contribution in [0.5, 0.6) is 0 Å². The SMILES string of the molecule is CCc1nc2c(C)cc(Br)cn2c1N(C)c1nc(-c2ccc(F)cc2)c(C#N)s1.CCc1nc2c(C)cc(C3CCN(C(=O)OC(C)(C)C)CC3)cn2c1N(C)c1nc(-c2ccc(F)cc2)c(C#N)s1. The molecule has 0 bridgehead atoms. The summed E-state index contributed by atoms with van der Waals surface area (Å²) in [7, 11) is 3.87. The average molecular weight is 1050 g/mol. The fraction of sp³-hybridized carbons (Fsp3) is 0.327. The van der Waals surface area contributed by atoms with Gasteiger partial charge in [-0.05, 0) is 153 Å². The van der Waals surface area contributed by atoms with Crippen LogP contribution in [0.1, 0.15) is 91.2 Å².